The molecule has 0 spiro atoms. The molecule has 0 heterocycles. The van der Waals surface area contributed by atoms with E-state index in [-0.39, 0.29) is 56.4 Å². The first-order valence-corrected chi connectivity index (χ1v) is 16.1. The molecule has 0 amide bonds. The maximum atomic E-state index is 7.42. The van der Waals surface area contributed by atoms with E-state index in [1.54, 1.807) is 0 Å². The number of hydrogen-bond donors (Lipinski definition) is 0. The van der Waals surface area contributed by atoms with Gasteiger partial charge in [-0.2, -0.15) is 0 Å². The smallest absolute Gasteiger partial charge is 1.00 e. The number of hydrogen-bond acceptors (Lipinski definition) is 1. The minimum Gasteiger partial charge on any atom is -1.00 e. The molecule has 0 bridgehead atoms. The summed E-state index contributed by atoms with van der Waals surface area (Å²) in [5.74, 6) is 0.745. The van der Waals surface area contributed by atoms with Crippen molar-refractivity contribution in [2.75, 3.05) is 6.61 Å². The van der Waals surface area contributed by atoms with Crippen LogP contribution in [0.4, 0.5) is 0 Å². The number of fused-ring (bicyclic) bond motifs is 1. The largest absolute Gasteiger partial charge is 2.00 e. The van der Waals surface area contributed by atoms with Gasteiger partial charge in [-0.05, 0) is 44.9 Å². The van der Waals surface area contributed by atoms with Crippen molar-refractivity contribution < 1.29 is 55.4 Å². The van der Waals surface area contributed by atoms with Gasteiger partial charge in [-0.3, -0.25) is 0 Å². The van der Waals surface area contributed by atoms with Crippen LogP contribution in [0.15, 0.2) is 146 Å². The Kier molecular flexibility index (Phi) is 12.6. The van der Waals surface area contributed by atoms with Gasteiger partial charge in [0.1, 0.15) is 0 Å². The Morgan fingerprint density at radius 2 is 1.12 bits per heavy atom. The molecule has 0 radical (unpaired) electrons. The first-order valence-electron chi connectivity index (χ1n) is 14.2. The van der Waals surface area contributed by atoms with E-state index >= 15 is 0 Å². The first-order chi connectivity index (χ1) is 19.3. The van der Waals surface area contributed by atoms with E-state index in [0.29, 0.717) is 18.4 Å². The average Bonchev–Trinajstić information content (AvgIpc) is 3.71. The molecule has 6 rings (SSSR count). The van der Waals surface area contributed by atoms with E-state index in [4.69, 9.17) is 4.43 Å². The van der Waals surface area contributed by atoms with Crippen LogP contribution in [-0.2, 0) is 30.6 Å². The maximum absolute atomic E-state index is 7.42. The fourth-order valence-electron chi connectivity index (χ4n) is 6.89. The molecule has 4 aromatic rings. The van der Waals surface area contributed by atoms with Crippen LogP contribution in [0.3, 0.4) is 0 Å². The molecule has 0 fully saturated rings. The molecule has 0 N–H and O–H groups in total. The second-order valence-electron chi connectivity index (χ2n) is 10.7. The van der Waals surface area contributed by atoms with Crippen molar-refractivity contribution >= 4 is 30.0 Å². The van der Waals surface area contributed by atoms with Crippen LogP contribution in [0.2, 0.25) is 0 Å². The molecule has 0 saturated heterocycles. The Morgan fingerprint density at radius 3 is 1.62 bits per heavy atom. The van der Waals surface area contributed by atoms with Gasteiger partial charge < -0.3 is 29.2 Å². The minimum absolute atomic E-state index is 0. The van der Waals surface area contributed by atoms with E-state index in [9.17, 15) is 0 Å². The third-order valence-corrected chi connectivity index (χ3v) is 13.0. The van der Waals surface area contributed by atoms with Crippen LogP contribution in [0.25, 0.3) is 6.08 Å². The summed E-state index contributed by atoms with van der Waals surface area (Å²) in [6, 6.07) is 41.7. The molecule has 0 saturated carbocycles. The molecule has 4 aromatic carbocycles. The summed E-state index contributed by atoms with van der Waals surface area (Å²) in [6.07, 6.45) is 16.1. The Hall–Kier alpha value is -2.26. The number of allylic oxidation sites excluding steroid dienone is 5. The number of rotatable bonds is 10. The predicted octanol–water partition coefficient (Wildman–Crippen LogP) is 1.01. The molecule has 5 heteroatoms. The summed E-state index contributed by atoms with van der Waals surface area (Å²) in [5.41, 5.74) is 2.84. The quantitative estimate of drug-likeness (QED) is 0.179. The summed E-state index contributed by atoms with van der Waals surface area (Å²) >= 11 is 0. The fraction of sp³-hybridized carbons (Fsp3) is 0.189. The van der Waals surface area contributed by atoms with Gasteiger partial charge in [-0.25, -0.2) is 0 Å². The topological polar surface area (TPSA) is 9.23 Å². The zero-order valence-corrected chi connectivity index (χ0v) is 28.8. The summed E-state index contributed by atoms with van der Waals surface area (Å²) in [6.45, 7) is 3.06. The van der Waals surface area contributed by atoms with Gasteiger partial charge in [-0.1, -0.05) is 159 Å². The summed E-state index contributed by atoms with van der Waals surface area (Å²) < 4.78 is 7.42. The molecule has 1 nitrogen and oxygen atoms in total. The molecule has 0 aromatic heterocycles. The Balaban J connectivity index is 0.00000161. The molecule has 2 aliphatic rings. The van der Waals surface area contributed by atoms with Crippen molar-refractivity contribution in [3.8, 4) is 0 Å². The van der Waals surface area contributed by atoms with E-state index in [2.05, 4.69) is 159 Å². The Bertz CT molecular complexity index is 1380. The monoisotopic (exact) mass is 684 g/mol. The van der Waals surface area contributed by atoms with E-state index in [1.807, 2.05) is 0 Å². The molecule has 0 aliphatic heterocycles. The van der Waals surface area contributed by atoms with Gasteiger partial charge in [0, 0.05) is 18.4 Å². The predicted molar refractivity (Wildman–Crippen MR) is 167 cm³/mol. The minimum atomic E-state index is -2.74. The summed E-state index contributed by atoms with van der Waals surface area (Å²) in [7, 11) is -2.74. The zero-order chi connectivity index (χ0) is 26.5. The third-order valence-electron chi connectivity index (χ3n) is 8.92. The van der Waals surface area contributed by atoms with Gasteiger partial charge in [0.2, 0.25) is 0 Å². The fourth-order valence-corrected chi connectivity index (χ4v) is 10.8. The third kappa shape index (κ3) is 6.33. The normalized spacial score (nSPS) is 16.5. The average molecular weight is 687 g/mol. The van der Waals surface area contributed by atoms with Crippen molar-refractivity contribution in [3.05, 3.63) is 157 Å². The molecule has 2 aliphatic carbocycles. The second kappa shape index (κ2) is 15.5. The first kappa shape index (κ1) is 34.2. The molecule has 212 valence electrons. The van der Waals surface area contributed by atoms with E-state index in [1.165, 1.54) is 26.7 Å². The van der Waals surface area contributed by atoms with Crippen LogP contribution >= 0.6 is 0 Å². The van der Waals surface area contributed by atoms with Crippen molar-refractivity contribution in [3.63, 3.8) is 0 Å². The van der Waals surface area contributed by atoms with Crippen molar-refractivity contribution in [2.24, 2.45) is 11.3 Å². The van der Waals surface area contributed by atoms with Crippen LogP contribution < -0.4 is 40.4 Å². The van der Waals surface area contributed by atoms with Gasteiger partial charge in [0.25, 0.3) is 8.32 Å². The van der Waals surface area contributed by atoms with E-state index < -0.39 is 8.32 Å². The SMILES string of the molecule is CCC(CCO[Si](c1ccccc1)(c1ccccc1)c1ccccc1)(C1C=CC=C1)C1C=Cc2ccccc21.[Cl-].[Cl-].[Zr+2]. The van der Waals surface area contributed by atoms with Crippen LogP contribution in [0.5, 0.6) is 0 Å². The zero-order valence-electron chi connectivity index (χ0n) is 23.9. The number of benzene rings is 4. The molecular formula is C37H36Cl2OSiZr. The van der Waals surface area contributed by atoms with Crippen molar-refractivity contribution in [2.45, 2.75) is 25.7 Å². The Morgan fingerprint density at radius 1 is 0.643 bits per heavy atom. The molecule has 42 heavy (non-hydrogen) atoms. The van der Waals surface area contributed by atoms with Gasteiger partial charge in [-0.15, -0.1) is 0 Å². The maximum Gasteiger partial charge on any atom is 2.00 e. The van der Waals surface area contributed by atoms with Gasteiger partial charge in [0.15, 0.2) is 0 Å². The molecule has 2 unspecified atom stereocenters. The van der Waals surface area contributed by atoms with Gasteiger partial charge >= 0.3 is 26.2 Å². The van der Waals surface area contributed by atoms with Crippen LogP contribution in [0.1, 0.15) is 36.8 Å². The van der Waals surface area contributed by atoms with Crippen molar-refractivity contribution in [1.82, 2.24) is 0 Å². The van der Waals surface area contributed by atoms with Gasteiger partial charge in [0.05, 0.1) is 0 Å². The van der Waals surface area contributed by atoms with E-state index in [0.717, 1.165) is 12.8 Å². The summed E-state index contributed by atoms with van der Waals surface area (Å²) in [4.78, 5) is 0. The molecule has 2 atom stereocenters. The van der Waals surface area contributed by atoms with Crippen LogP contribution in [-0.4, -0.2) is 14.9 Å². The van der Waals surface area contributed by atoms with Crippen molar-refractivity contribution in [1.29, 1.82) is 0 Å². The van der Waals surface area contributed by atoms with Crippen LogP contribution in [0, 0.1) is 11.3 Å². The molecular weight excluding hydrogens is 651 g/mol. The number of halogens is 2. The standard InChI is InChI=1S/C37H36OSi.2ClH.Zr/c1-2-37(31-17-13-14-18-31,36-27-26-30-16-12-15-25-35(30)36)28-29-38-39(32-19-6-3-7-20-32,33-21-8-4-9-22-33)34-23-10-5-11-24-34;;;/h3-27,31,36H,2,28-29H2,1H3;2*1H;/q;;;+2/p-2. The summed E-state index contributed by atoms with van der Waals surface area (Å²) in [5, 5.41) is 3.86. The second-order valence-corrected chi connectivity index (χ2v) is 14.1. The Labute approximate surface area is 283 Å².